The molecular weight excluding hydrogens is 408 g/mol. The molecule has 0 aliphatic rings. The first-order chi connectivity index (χ1) is 14.9. The average Bonchev–Trinajstić information content (AvgIpc) is 3.33. The van der Waals surface area contributed by atoms with Gasteiger partial charge in [0.2, 0.25) is 5.91 Å². The summed E-state index contributed by atoms with van der Waals surface area (Å²) in [7, 11) is 0. The van der Waals surface area contributed by atoms with Gasteiger partial charge in [-0.25, -0.2) is 4.68 Å². The van der Waals surface area contributed by atoms with Crippen LogP contribution in [-0.4, -0.2) is 36.2 Å². The topological polar surface area (TPSA) is 77.6 Å². The van der Waals surface area contributed by atoms with Crippen LogP contribution in [0.3, 0.4) is 0 Å². The number of carbonyl (C=O) groups is 1. The third-order valence-corrected chi connectivity index (χ3v) is 6.00. The van der Waals surface area contributed by atoms with Crippen molar-refractivity contribution < 1.29 is 4.79 Å². The van der Waals surface area contributed by atoms with Crippen LogP contribution < -0.4 is 5.32 Å². The van der Waals surface area contributed by atoms with E-state index < -0.39 is 0 Å². The number of para-hydroxylation sites is 1. The van der Waals surface area contributed by atoms with Crippen LogP contribution in [-0.2, 0) is 4.79 Å². The second-order valence-electron chi connectivity index (χ2n) is 7.40. The maximum atomic E-state index is 12.7. The second-order valence-corrected chi connectivity index (χ2v) is 8.34. The maximum Gasteiger partial charge on any atom is 0.234 e. The smallest absolute Gasteiger partial charge is 0.234 e. The minimum absolute atomic E-state index is 0.112. The number of amides is 1. The molecule has 2 aromatic carbocycles. The Morgan fingerprint density at radius 1 is 1.03 bits per heavy atom. The maximum absolute atomic E-state index is 12.7. The van der Waals surface area contributed by atoms with Gasteiger partial charge < -0.3 is 5.32 Å². The standard InChI is InChI=1S/C23H24N6OS/c1-15-9-11-19(12-10-15)29-18(4)22(17(3)27-29)25-21(30)13-31-23-26-24-14-28(23)20-8-6-5-7-16(20)2/h5-12,14H,13H2,1-4H3,(H,25,30). The van der Waals surface area contributed by atoms with Gasteiger partial charge in [-0.1, -0.05) is 47.7 Å². The fourth-order valence-corrected chi connectivity index (χ4v) is 4.11. The summed E-state index contributed by atoms with van der Waals surface area (Å²) in [5, 5.41) is 16.5. The first-order valence-electron chi connectivity index (χ1n) is 9.96. The summed E-state index contributed by atoms with van der Waals surface area (Å²) in [6.45, 7) is 7.94. The SMILES string of the molecule is Cc1ccc(-n2nc(C)c(NC(=O)CSc3nncn3-c3ccccc3C)c2C)cc1. The zero-order chi connectivity index (χ0) is 22.0. The van der Waals surface area contributed by atoms with Gasteiger partial charge in [0, 0.05) is 0 Å². The quantitative estimate of drug-likeness (QED) is 0.457. The van der Waals surface area contributed by atoms with Crippen molar-refractivity contribution in [1.29, 1.82) is 0 Å². The number of hydrogen-bond acceptors (Lipinski definition) is 5. The highest BCUT2D eigenvalue weighted by atomic mass is 32.2. The van der Waals surface area contributed by atoms with E-state index in [2.05, 4.69) is 20.6 Å². The molecular formula is C23H24N6OS. The molecule has 4 rings (SSSR count). The van der Waals surface area contributed by atoms with E-state index in [4.69, 9.17) is 0 Å². The van der Waals surface area contributed by atoms with Crippen molar-refractivity contribution in [2.45, 2.75) is 32.9 Å². The molecule has 1 amide bonds. The number of aromatic nitrogens is 5. The van der Waals surface area contributed by atoms with Crippen LogP contribution in [0, 0.1) is 27.7 Å². The molecule has 0 atom stereocenters. The van der Waals surface area contributed by atoms with Crippen molar-refractivity contribution in [3.05, 3.63) is 77.4 Å². The Morgan fingerprint density at radius 2 is 1.77 bits per heavy atom. The van der Waals surface area contributed by atoms with E-state index >= 15 is 0 Å². The van der Waals surface area contributed by atoms with Gasteiger partial charge in [-0.15, -0.1) is 10.2 Å². The van der Waals surface area contributed by atoms with Gasteiger partial charge in [0.15, 0.2) is 5.16 Å². The molecule has 0 spiro atoms. The highest BCUT2D eigenvalue weighted by Gasteiger charge is 2.17. The first kappa shape index (κ1) is 20.9. The molecule has 0 aliphatic heterocycles. The Labute approximate surface area is 185 Å². The first-order valence-corrected chi connectivity index (χ1v) is 10.9. The number of aryl methyl sites for hydroxylation is 3. The molecule has 0 saturated carbocycles. The Morgan fingerprint density at radius 3 is 2.52 bits per heavy atom. The number of hydrogen-bond donors (Lipinski definition) is 1. The summed E-state index contributed by atoms with van der Waals surface area (Å²) in [6.07, 6.45) is 1.67. The Hall–Kier alpha value is -3.39. The molecule has 7 nitrogen and oxygen atoms in total. The van der Waals surface area contributed by atoms with Gasteiger partial charge in [0.05, 0.1) is 34.2 Å². The zero-order valence-electron chi connectivity index (χ0n) is 18.0. The summed E-state index contributed by atoms with van der Waals surface area (Å²) < 4.78 is 3.76. The Kier molecular flexibility index (Phi) is 5.90. The Bertz CT molecular complexity index is 1230. The molecule has 0 unspecified atom stereocenters. The molecule has 0 bridgehead atoms. The molecule has 2 aromatic heterocycles. The number of nitrogens with one attached hydrogen (secondary N) is 1. The van der Waals surface area contributed by atoms with Gasteiger partial charge in [-0.3, -0.25) is 9.36 Å². The van der Waals surface area contributed by atoms with Gasteiger partial charge >= 0.3 is 0 Å². The van der Waals surface area contributed by atoms with Crippen LogP contribution in [0.5, 0.6) is 0 Å². The summed E-state index contributed by atoms with van der Waals surface area (Å²) in [6, 6.07) is 16.1. The molecule has 31 heavy (non-hydrogen) atoms. The monoisotopic (exact) mass is 432 g/mol. The van der Waals surface area contributed by atoms with Gasteiger partial charge in [0.25, 0.3) is 0 Å². The fraction of sp³-hybridized carbons (Fsp3) is 0.217. The minimum Gasteiger partial charge on any atom is -0.322 e. The lowest BCUT2D eigenvalue weighted by molar-refractivity contribution is -0.113. The predicted octanol–water partition coefficient (Wildman–Crippen LogP) is 4.42. The van der Waals surface area contributed by atoms with Gasteiger partial charge in [-0.05, 0) is 51.5 Å². The lowest BCUT2D eigenvalue weighted by Gasteiger charge is -2.09. The summed E-state index contributed by atoms with van der Waals surface area (Å²) >= 11 is 1.35. The van der Waals surface area contributed by atoms with Crippen molar-refractivity contribution in [2.75, 3.05) is 11.1 Å². The summed E-state index contributed by atoms with van der Waals surface area (Å²) in [4.78, 5) is 12.7. The molecule has 0 radical (unpaired) electrons. The molecule has 0 aliphatic carbocycles. The van der Waals surface area contributed by atoms with E-state index in [9.17, 15) is 4.79 Å². The molecule has 0 saturated heterocycles. The normalized spacial score (nSPS) is 11.0. The lowest BCUT2D eigenvalue weighted by atomic mass is 10.2. The van der Waals surface area contributed by atoms with Gasteiger partial charge in [0.1, 0.15) is 6.33 Å². The largest absolute Gasteiger partial charge is 0.322 e. The van der Waals surface area contributed by atoms with Crippen LogP contribution in [0.15, 0.2) is 60.0 Å². The van der Waals surface area contributed by atoms with Crippen molar-refractivity contribution in [1.82, 2.24) is 24.5 Å². The van der Waals surface area contributed by atoms with E-state index in [0.717, 1.165) is 34.0 Å². The fourth-order valence-electron chi connectivity index (χ4n) is 3.39. The highest BCUT2D eigenvalue weighted by molar-refractivity contribution is 7.99. The number of carbonyl (C=O) groups excluding carboxylic acids is 1. The number of benzene rings is 2. The van der Waals surface area contributed by atoms with Crippen molar-refractivity contribution in [2.24, 2.45) is 0 Å². The molecule has 2 heterocycles. The minimum atomic E-state index is -0.112. The number of thioether (sulfide) groups is 1. The zero-order valence-corrected chi connectivity index (χ0v) is 18.8. The van der Waals surface area contributed by atoms with E-state index in [1.54, 1.807) is 6.33 Å². The van der Waals surface area contributed by atoms with Crippen molar-refractivity contribution >= 4 is 23.4 Å². The highest BCUT2D eigenvalue weighted by Crippen LogP contribution is 2.25. The van der Waals surface area contributed by atoms with Crippen LogP contribution in [0.4, 0.5) is 5.69 Å². The van der Waals surface area contributed by atoms with Crippen LogP contribution in [0.2, 0.25) is 0 Å². The van der Waals surface area contributed by atoms with E-state index in [-0.39, 0.29) is 11.7 Å². The van der Waals surface area contributed by atoms with E-state index in [1.807, 2.05) is 85.5 Å². The molecule has 0 fully saturated rings. The summed E-state index contributed by atoms with van der Waals surface area (Å²) in [5.41, 5.74) is 6.68. The Balaban J connectivity index is 1.47. The van der Waals surface area contributed by atoms with Crippen LogP contribution in [0.1, 0.15) is 22.5 Å². The number of anilines is 1. The summed E-state index contributed by atoms with van der Waals surface area (Å²) in [5.74, 6) is 0.109. The van der Waals surface area contributed by atoms with Crippen LogP contribution in [0.25, 0.3) is 11.4 Å². The molecule has 8 heteroatoms. The van der Waals surface area contributed by atoms with Gasteiger partial charge in [-0.2, -0.15) is 5.10 Å². The van der Waals surface area contributed by atoms with Crippen molar-refractivity contribution in [3.63, 3.8) is 0 Å². The molecule has 158 valence electrons. The average molecular weight is 433 g/mol. The molecule has 1 N–H and O–H groups in total. The second kappa shape index (κ2) is 8.77. The third kappa shape index (κ3) is 4.39. The third-order valence-electron chi connectivity index (χ3n) is 5.06. The predicted molar refractivity (Wildman–Crippen MR) is 123 cm³/mol. The molecule has 4 aromatic rings. The van der Waals surface area contributed by atoms with E-state index in [1.165, 1.54) is 17.3 Å². The lowest BCUT2D eigenvalue weighted by Crippen LogP contribution is -2.15. The van der Waals surface area contributed by atoms with Crippen LogP contribution >= 0.6 is 11.8 Å². The van der Waals surface area contributed by atoms with Crippen molar-refractivity contribution in [3.8, 4) is 11.4 Å². The van der Waals surface area contributed by atoms with E-state index in [0.29, 0.717) is 5.16 Å². The number of rotatable bonds is 6. The number of nitrogens with zero attached hydrogens (tertiary/aromatic N) is 5.